The van der Waals surface area contributed by atoms with Gasteiger partial charge >= 0.3 is 6.03 Å². The van der Waals surface area contributed by atoms with Crippen molar-refractivity contribution in [1.29, 1.82) is 0 Å². The molecule has 0 fully saturated rings. The highest BCUT2D eigenvalue weighted by Crippen LogP contribution is 2.13. The van der Waals surface area contributed by atoms with Crippen LogP contribution in [0.3, 0.4) is 0 Å². The van der Waals surface area contributed by atoms with E-state index in [-0.39, 0.29) is 12.6 Å². The first-order chi connectivity index (χ1) is 9.40. The molecule has 3 N–H and O–H groups in total. The van der Waals surface area contributed by atoms with Crippen LogP contribution in [0.4, 0.5) is 10.6 Å². The highest BCUT2D eigenvalue weighted by molar-refractivity contribution is 5.88. The molecule has 0 saturated heterocycles. The lowest BCUT2D eigenvalue weighted by Crippen LogP contribution is -2.50. The van der Waals surface area contributed by atoms with E-state index in [9.17, 15) is 9.90 Å². The Labute approximate surface area is 120 Å². The van der Waals surface area contributed by atoms with E-state index in [0.29, 0.717) is 11.7 Å². The van der Waals surface area contributed by atoms with Gasteiger partial charge in [0.05, 0.1) is 18.3 Å². The van der Waals surface area contributed by atoms with Crippen LogP contribution in [0, 0.1) is 5.92 Å². The standard InChI is InChI=1S/C14H26N4O2/c1-5-7-14(4,10-19)17-13(20)16-12-6-8-15-18(12)9-11(2)3/h6,8,11,19H,5,7,9-10H2,1-4H3,(H2,16,17,20). The van der Waals surface area contributed by atoms with Crippen molar-refractivity contribution in [2.45, 2.75) is 52.6 Å². The molecule has 0 radical (unpaired) electrons. The fraction of sp³-hybridized carbons (Fsp3) is 0.714. The number of nitrogens with zero attached hydrogens (tertiary/aromatic N) is 2. The van der Waals surface area contributed by atoms with E-state index < -0.39 is 5.54 Å². The van der Waals surface area contributed by atoms with Crippen LogP contribution in [0.15, 0.2) is 12.3 Å². The molecular weight excluding hydrogens is 256 g/mol. The van der Waals surface area contributed by atoms with Crippen molar-refractivity contribution in [3.63, 3.8) is 0 Å². The smallest absolute Gasteiger partial charge is 0.320 e. The topological polar surface area (TPSA) is 79.2 Å². The van der Waals surface area contributed by atoms with Gasteiger partial charge in [0.25, 0.3) is 0 Å². The minimum atomic E-state index is -0.596. The number of urea groups is 1. The van der Waals surface area contributed by atoms with Crippen molar-refractivity contribution in [1.82, 2.24) is 15.1 Å². The van der Waals surface area contributed by atoms with E-state index in [1.165, 1.54) is 0 Å². The molecule has 1 heterocycles. The van der Waals surface area contributed by atoms with Gasteiger partial charge in [0.15, 0.2) is 0 Å². The fourth-order valence-electron chi connectivity index (χ4n) is 2.08. The van der Waals surface area contributed by atoms with Gasteiger partial charge in [0, 0.05) is 12.6 Å². The first-order valence-electron chi connectivity index (χ1n) is 7.12. The lowest BCUT2D eigenvalue weighted by molar-refractivity contribution is 0.167. The number of aromatic nitrogens is 2. The molecular formula is C14H26N4O2. The van der Waals surface area contributed by atoms with Gasteiger partial charge in [-0.05, 0) is 19.3 Å². The number of aliphatic hydroxyl groups excluding tert-OH is 1. The van der Waals surface area contributed by atoms with Crippen LogP contribution in [0.5, 0.6) is 0 Å². The summed E-state index contributed by atoms with van der Waals surface area (Å²) < 4.78 is 1.76. The van der Waals surface area contributed by atoms with Crippen LogP contribution in [-0.4, -0.2) is 33.1 Å². The molecule has 6 nitrogen and oxygen atoms in total. The van der Waals surface area contributed by atoms with Gasteiger partial charge in [-0.15, -0.1) is 0 Å². The summed E-state index contributed by atoms with van der Waals surface area (Å²) in [6, 6.07) is 1.44. The maximum atomic E-state index is 12.0. The predicted octanol–water partition coefficient (Wildman–Crippen LogP) is 2.21. The Morgan fingerprint density at radius 3 is 2.80 bits per heavy atom. The number of carbonyl (C=O) groups is 1. The number of aliphatic hydroxyl groups is 1. The van der Waals surface area contributed by atoms with Gasteiger partial charge in [-0.1, -0.05) is 27.2 Å². The summed E-state index contributed by atoms with van der Waals surface area (Å²) in [7, 11) is 0. The number of anilines is 1. The molecule has 0 aliphatic carbocycles. The Kier molecular flexibility index (Phi) is 6.01. The number of nitrogens with one attached hydrogen (secondary N) is 2. The molecule has 1 unspecified atom stereocenters. The van der Waals surface area contributed by atoms with Crippen LogP contribution in [0.25, 0.3) is 0 Å². The zero-order chi connectivity index (χ0) is 15.2. The molecule has 6 heteroatoms. The third-order valence-electron chi connectivity index (χ3n) is 3.06. The Balaban J connectivity index is 2.64. The average Bonchev–Trinajstić information content (AvgIpc) is 2.75. The van der Waals surface area contributed by atoms with Gasteiger partial charge < -0.3 is 10.4 Å². The van der Waals surface area contributed by atoms with Crippen molar-refractivity contribution < 1.29 is 9.90 Å². The largest absolute Gasteiger partial charge is 0.394 e. The zero-order valence-corrected chi connectivity index (χ0v) is 12.8. The summed E-state index contributed by atoms with van der Waals surface area (Å²) >= 11 is 0. The number of rotatable bonds is 7. The maximum Gasteiger partial charge on any atom is 0.320 e. The molecule has 0 aliphatic rings. The molecule has 1 rings (SSSR count). The molecule has 0 bridgehead atoms. The lowest BCUT2D eigenvalue weighted by Gasteiger charge is -2.28. The highest BCUT2D eigenvalue weighted by Gasteiger charge is 2.24. The number of carbonyl (C=O) groups excluding carboxylic acids is 1. The molecule has 20 heavy (non-hydrogen) atoms. The minimum absolute atomic E-state index is 0.0838. The van der Waals surface area contributed by atoms with E-state index in [0.717, 1.165) is 19.4 Å². The first kappa shape index (κ1) is 16.5. The van der Waals surface area contributed by atoms with Gasteiger partial charge in [0.1, 0.15) is 5.82 Å². The van der Waals surface area contributed by atoms with Crippen molar-refractivity contribution in [3.05, 3.63) is 12.3 Å². The van der Waals surface area contributed by atoms with Crippen molar-refractivity contribution in [2.75, 3.05) is 11.9 Å². The highest BCUT2D eigenvalue weighted by atomic mass is 16.3. The summed E-state index contributed by atoms with van der Waals surface area (Å²) in [5, 5.41) is 19.2. The van der Waals surface area contributed by atoms with Gasteiger partial charge in [-0.25, -0.2) is 9.48 Å². The van der Waals surface area contributed by atoms with Crippen molar-refractivity contribution >= 4 is 11.8 Å². The molecule has 2 amide bonds. The molecule has 0 aliphatic heterocycles. The maximum absolute atomic E-state index is 12.0. The summed E-state index contributed by atoms with van der Waals surface area (Å²) in [6.07, 6.45) is 3.28. The molecule has 1 aromatic heterocycles. The second-order valence-corrected chi connectivity index (χ2v) is 5.84. The Morgan fingerprint density at radius 2 is 2.25 bits per heavy atom. The second kappa shape index (κ2) is 7.28. The molecule has 0 aromatic carbocycles. The number of amides is 2. The van der Waals surface area contributed by atoms with Gasteiger partial charge in [0.2, 0.25) is 0 Å². The lowest BCUT2D eigenvalue weighted by atomic mass is 9.98. The van der Waals surface area contributed by atoms with Gasteiger partial charge in [-0.2, -0.15) is 5.10 Å². The summed E-state index contributed by atoms with van der Waals surface area (Å²) in [4.78, 5) is 12.0. The van der Waals surface area contributed by atoms with Gasteiger partial charge in [-0.3, -0.25) is 5.32 Å². The normalized spacial score (nSPS) is 14.1. The third kappa shape index (κ3) is 4.85. The van der Waals surface area contributed by atoms with E-state index in [2.05, 4.69) is 29.6 Å². The molecule has 0 spiro atoms. The zero-order valence-electron chi connectivity index (χ0n) is 12.8. The molecule has 1 atom stereocenters. The molecule has 0 saturated carbocycles. The van der Waals surface area contributed by atoms with Crippen molar-refractivity contribution in [3.8, 4) is 0 Å². The predicted molar refractivity (Wildman–Crippen MR) is 79.6 cm³/mol. The van der Waals surface area contributed by atoms with Crippen LogP contribution in [0.1, 0.15) is 40.5 Å². The molecule has 1 aromatic rings. The summed E-state index contributed by atoms with van der Waals surface area (Å²) in [6.45, 7) is 8.70. The van der Waals surface area contributed by atoms with E-state index in [4.69, 9.17) is 0 Å². The minimum Gasteiger partial charge on any atom is -0.394 e. The van der Waals surface area contributed by atoms with E-state index in [1.807, 2.05) is 13.8 Å². The number of hydrogen-bond acceptors (Lipinski definition) is 3. The van der Waals surface area contributed by atoms with Crippen LogP contribution in [0.2, 0.25) is 0 Å². The molecule has 114 valence electrons. The monoisotopic (exact) mass is 282 g/mol. The van der Waals surface area contributed by atoms with Crippen LogP contribution < -0.4 is 10.6 Å². The number of hydrogen-bond donors (Lipinski definition) is 3. The van der Waals surface area contributed by atoms with E-state index >= 15 is 0 Å². The summed E-state index contributed by atoms with van der Waals surface area (Å²) in [5.74, 6) is 1.11. The Hall–Kier alpha value is -1.56. The second-order valence-electron chi connectivity index (χ2n) is 5.84. The fourth-order valence-corrected chi connectivity index (χ4v) is 2.08. The van der Waals surface area contributed by atoms with Crippen LogP contribution in [-0.2, 0) is 6.54 Å². The Morgan fingerprint density at radius 1 is 1.55 bits per heavy atom. The average molecular weight is 282 g/mol. The van der Waals surface area contributed by atoms with E-state index in [1.54, 1.807) is 16.9 Å². The Bertz CT molecular complexity index is 431. The quantitative estimate of drug-likeness (QED) is 0.717. The summed E-state index contributed by atoms with van der Waals surface area (Å²) in [5.41, 5.74) is -0.596. The first-order valence-corrected chi connectivity index (χ1v) is 7.12. The SMILES string of the molecule is CCCC(C)(CO)NC(=O)Nc1ccnn1CC(C)C. The van der Waals surface area contributed by atoms with Crippen LogP contribution >= 0.6 is 0 Å². The third-order valence-corrected chi connectivity index (χ3v) is 3.06. The van der Waals surface area contributed by atoms with Crippen molar-refractivity contribution in [2.24, 2.45) is 5.92 Å².